The largest absolute Gasteiger partial charge is 0.352 e. The van der Waals surface area contributed by atoms with E-state index >= 15 is 0 Å². The van der Waals surface area contributed by atoms with Gasteiger partial charge < -0.3 is 9.80 Å². The molecular formula is C21H24N4OS. The van der Waals surface area contributed by atoms with Crippen LogP contribution < -0.4 is 4.90 Å². The van der Waals surface area contributed by atoms with E-state index in [0.717, 1.165) is 54.3 Å². The monoisotopic (exact) mass is 380 g/mol. The first-order valence-electron chi connectivity index (χ1n) is 9.27. The lowest BCUT2D eigenvalue weighted by atomic mass is 9.94. The number of carbonyl (C=O) groups is 1. The fraction of sp³-hybridized carbons (Fsp3) is 0.381. The molecule has 1 saturated heterocycles. The van der Waals surface area contributed by atoms with Crippen LogP contribution in [-0.4, -0.2) is 47.0 Å². The van der Waals surface area contributed by atoms with Crippen molar-refractivity contribution in [3.05, 3.63) is 41.1 Å². The Balaban J connectivity index is 1.65. The number of fused-ring (bicyclic) bond motifs is 1. The number of nitrogens with zero attached hydrogens (tertiary/aromatic N) is 4. The van der Waals surface area contributed by atoms with Gasteiger partial charge in [-0.25, -0.2) is 9.97 Å². The Bertz CT molecular complexity index is 954. The van der Waals surface area contributed by atoms with Crippen molar-refractivity contribution < 1.29 is 4.79 Å². The Morgan fingerprint density at radius 3 is 2.44 bits per heavy atom. The average molecular weight is 381 g/mol. The van der Waals surface area contributed by atoms with Gasteiger partial charge in [-0.2, -0.15) is 11.3 Å². The maximum Gasteiger partial charge on any atom is 0.228 e. The first-order chi connectivity index (χ1) is 12.9. The molecule has 0 radical (unpaired) electrons. The summed E-state index contributed by atoms with van der Waals surface area (Å²) >= 11 is 1.65. The van der Waals surface area contributed by atoms with Gasteiger partial charge in [0.1, 0.15) is 5.82 Å². The van der Waals surface area contributed by atoms with E-state index in [1.807, 2.05) is 49.3 Å². The van der Waals surface area contributed by atoms with E-state index in [1.54, 1.807) is 11.3 Å². The molecule has 0 spiro atoms. The van der Waals surface area contributed by atoms with Crippen LogP contribution in [0.5, 0.6) is 0 Å². The number of hydrogen-bond acceptors (Lipinski definition) is 5. The van der Waals surface area contributed by atoms with Crippen molar-refractivity contribution >= 4 is 34.0 Å². The maximum absolute atomic E-state index is 12.6. The molecule has 6 heteroatoms. The van der Waals surface area contributed by atoms with Crippen molar-refractivity contribution in [3.8, 4) is 11.4 Å². The number of piperazine rings is 1. The SMILES string of the molecule is CC(C)(C)C(=O)N1CCN(c2nc(-c3ccsc3)nc3ccccc23)CC1. The molecule has 1 aromatic carbocycles. The molecule has 1 aliphatic rings. The van der Waals surface area contributed by atoms with Gasteiger partial charge in [-0.15, -0.1) is 0 Å². The highest BCUT2D eigenvalue weighted by atomic mass is 32.1. The van der Waals surface area contributed by atoms with Gasteiger partial charge in [0.05, 0.1) is 5.52 Å². The molecule has 1 aliphatic heterocycles. The number of amides is 1. The summed E-state index contributed by atoms with van der Waals surface area (Å²) in [5.74, 6) is 1.94. The van der Waals surface area contributed by atoms with E-state index < -0.39 is 0 Å². The molecule has 0 bridgehead atoms. The highest BCUT2D eigenvalue weighted by Crippen LogP contribution is 2.29. The Hall–Kier alpha value is -2.47. The number of rotatable bonds is 2. The quantitative estimate of drug-likeness (QED) is 0.673. The Morgan fingerprint density at radius 2 is 1.78 bits per heavy atom. The molecule has 140 valence electrons. The van der Waals surface area contributed by atoms with Gasteiger partial charge in [0.2, 0.25) is 5.91 Å². The average Bonchev–Trinajstić information content (AvgIpc) is 3.21. The Labute approximate surface area is 163 Å². The predicted molar refractivity (Wildman–Crippen MR) is 111 cm³/mol. The minimum atomic E-state index is -0.337. The molecule has 4 rings (SSSR count). The van der Waals surface area contributed by atoms with Crippen molar-refractivity contribution in [2.75, 3.05) is 31.1 Å². The van der Waals surface area contributed by atoms with E-state index in [0.29, 0.717) is 0 Å². The predicted octanol–water partition coefficient (Wildman–Crippen LogP) is 4.05. The Morgan fingerprint density at radius 1 is 1.04 bits per heavy atom. The molecule has 1 amide bonds. The lowest BCUT2D eigenvalue weighted by Gasteiger charge is -2.38. The maximum atomic E-state index is 12.6. The van der Waals surface area contributed by atoms with Gasteiger partial charge >= 0.3 is 0 Å². The first kappa shape index (κ1) is 17.9. The third-order valence-corrected chi connectivity index (χ3v) is 5.55. The summed E-state index contributed by atoms with van der Waals surface area (Å²) in [6.45, 7) is 8.95. The summed E-state index contributed by atoms with van der Waals surface area (Å²) in [7, 11) is 0. The summed E-state index contributed by atoms with van der Waals surface area (Å²) < 4.78 is 0. The van der Waals surface area contributed by atoms with E-state index in [4.69, 9.17) is 9.97 Å². The number of thiophene rings is 1. The number of aromatic nitrogens is 2. The van der Waals surface area contributed by atoms with Crippen LogP contribution in [0.25, 0.3) is 22.3 Å². The third-order valence-electron chi connectivity index (χ3n) is 4.87. The summed E-state index contributed by atoms with van der Waals surface area (Å²) in [6, 6.07) is 10.2. The fourth-order valence-electron chi connectivity index (χ4n) is 3.42. The second-order valence-electron chi connectivity index (χ2n) is 7.93. The fourth-order valence-corrected chi connectivity index (χ4v) is 4.05. The second kappa shape index (κ2) is 6.93. The summed E-state index contributed by atoms with van der Waals surface area (Å²) in [5, 5.41) is 5.19. The minimum Gasteiger partial charge on any atom is -0.352 e. The lowest BCUT2D eigenvalue weighted by Crippen LogP contribution is -2.52. The lowest BCUT2D eigenvalue weighted by molar-refractivity contribution is -0.139. The van der Waals surface area contributed by atoms with Crippen molar-refractivity contribution in [3.63, 3.8) is 0 Å². The zero-order valence-electron chi connectivity index (χ0n) is 16.0. The van der Waals surface area contributed by atoms with Crippen LogP contribution >= 0.6 is 11.3 Å². The molecule has 0 atom stereocenters. The first-order valence-corrected chi connectivity index (χ1v) is 10.2. The molecule has 3 heterocycles. The highest BCUT2D eigenvalue weighted by Gasteiger charge is 2.30. The van der Waals surface area contributed by atoms with Crippen LogP contribution in [0.15, 0.2) is 41.1 Å². The molecule has 0 aliphatic carbocycles. The number of para-hydroxylation sites is 1. The number of benzene rings is 1. The third kappa shape index (κ3) is 3.54. The van der Waals surface area contributed by atoms with Crippen LogP contribution in [0.3, 0.4) is 0 Å². The van der Waals surface area contributed by atoms with Gasteiger partial charge in [-0.3, -0.25) is 4.79 Å². The molecule has 1 fully saturated rings. The van der Waals surface area contributed by atoms with Crippen molar-refractivity contribution in [1.82, 2.24) is 14.9 Å². The zero-order valence-corrected chi connectivity index (χ0v) is 16.8. The molecule has 0 saturated carbocycles. The van der Waals surface area contributed by atoms with Crippen LogP contribution in [-0.2, 0) is 4.79 Å². The topological polar surface area (TPSA) is 49.3 Å². The van der Waals surface area contributed by atoms with Crippen LogP contribution in [0.4, 0.5) is 5.82 Å². The minimum absolute atomic E-state index is 0.216. The molecule has 0 N–H and O–H groups in total. The number of carbonyl (C=O) groups excluding carboxylic acids is 1. The van der Waals surface area contributed by atoms with Gasteiger partial charge in [0, 0.05) is 47.9 Å². The van der Waals surface area contributed by atoms with E-state index in [-0.39, 0.29) is 11.3 Å². The molecular weight excluding hydrogens is 356 g/mol. The summed E-state index contributed by atoms with van der Waals surface area (Å²) in [5.41, 5.74) is 1.67. The van der Waals surface area contributed by atoms with Crippen LogP contribution in [0.1, 0.15) is 20.8 Å². The van der Waals surface area contributed by atoms with Crippen LogP contribution in [0, 0.1) is 5.41 Å². The molecule has 3 aromatic rings. The van der Waals surface area contributed by atoms with Gasteiger partial charge in [0.25, 0.3) is 0 Å². The van der Waals surface area contributed by atoms with E-state index in [9.17, 15) is 4.79 Å². The zero-order chi connectivity index (χ0) is 19.0. The molecule has 0 unspecified atom stereocenters. The van der Waals surface area contributed by atoms with Crippen molar-refractivity contribution in [2.24, 2.45) is 5.41 Å². The van der Waals surface area contributed by atoms with Gasteiger partial charge in [0.15, 0.2) is 5.82 Å². The van der Waals surface area contributed by atoms with Crippen LogP contribution in [0.2, 0.25) is 0 Å². The summed E-state index contributed by atoms with van der Waals surface area (Å²) in [6.07, 6.45) is 0. The van der Waals surface area contributed by atoms with Crippen molar-refractivity contribution in [1.29, 1.82) is 0 Å². The Kier molecular flexibility index (Phi) is 4.60. The van der Waals surface area contributed by atoms with Gasteiger partial charge in [-0.05, 0) is 23.6 Å². The summed E-state index contributed by atoms with van der Waals surface area (Å²) in [4.78, 5) is 26.5. The standard InChI is InChI=1S/C21H24N4OS/c1-21(2,3)20(26)25-11-9-24(10-12-25)19-16-6-4-5-7-17(16)22-18(23-19)15-8-13-27-14-15/h4-8,13-14H,9-12H2,1-3H3. The second-order valence-corrected chi connectivity index (χ2v) is 8.71. The normalized spacial score (nSPS) is 15.4. The number of hydrogen-bond donors (Lipinski definition) is 0. The smallest absolute Gasteiger partial charge is 0.228 e. The van der Waals surface area contributed by atoms with E-state index in [2.05, 4.69) is 22.4 Å². The van der Waals surface area contributed by atoms with Gasteiger partial charge in [-0.1, -0.05) is 32.9 Å². The molecule has 5 nitrogen and oxygen atoms in total. The number of anilines is 1. The van der Waals surface area contributed by atoms with E-state index in [1.165, 1.54) is 0 Å². The highest BCUT2D eigenvalue weighted by molar-refractivity contribution is 7.08. The van der Waals surface area contributed by atoms with Crippen molar-refractivity contribution in [2.45, 2.75) is 20.8 Å². The molecule has 2 aromatic heterocycles. The molecule has 27 heavy (non-hydrogen) atoms.